The quantitative estimate of drug-likeness (QED) is 0.888. The molecule has 1 unspecified atom stereocenters. The maximum atomic E-state index is 13.2. The van der Waals surface area contributed by atoms with Crippen molar-refractivity contribution >= 4 is 0 Å². The Balaban J connectivity index is 2.18. The second kappa shape index (κ2) is 6.43. The van der Waals surface area contributed by atoms with Crippen molar-refractivity contribution in [3.8, 4) is 0 Å². The fourth-order valence-corrected chi connectivity index (χ4v) is 2.14. The molecule has 0 aliphatic carbocycles. The van der Waals surface area contributed by atoms with Crippen LogP contribution in [0.15, 0.2) is 42.6 Å². The van der Waals surface area contributed by atoms with Gasteiger partial charge in [0.25, 0.3) is 0 Å². The fourth-order valence-electron chi connectivity index (χ4n) is 2.14. The number of benzene rings is 1. The van der Waals surface area contributed by atoms with Crippen LogP contribution in [0.1, 0.15) is 29.8 Å². The van der Waals surface area contributed by atoms with Crippen molar-refractivity contribution in [2.45, 2.75) is 26.3 Å². The van der Waals surface area contributed by atoms with Gasteiger partial charge in [0.2, 0.25) is 0 Å². The van der Waals surface area contributed by atoms with E-state index in [0.29, 0.717) is 0 Å². The van der Waals surface area contributed by atoms with Gasteiger partial charge in [0, 0.05) is 17.9 Å². The van der Waals surface area contributed by atoms with Crippen LogP contribution in [0.2, 0.25) is 0 Å². The van der Waals surface area contributed by atoms with Crippen LogP contribution >= 0.6 is 0 Å². The Kier molecular flexibility index (Phi) is 4.63. The molecule has 0 fully saturated rings. The number of aromatic nitrogens is 1. The predicted octanol–water partition coefficient (Wildman–Crippen LogP) is 3.42. The number of halogens is 1. The summed E-state index contributed by atoms with van der Waals surface area (Å²) in [6.07, 6.45) is 2.65. The maximum absolute atomic E-state index is 13.2. The molecule has 1 N–H and O–H groups in total. The van der Waals surface area contributed by atoms with Gasteiger partial charge in [0.1, 0.15) is 5.82 Å². The Morgan fingerprint density at radius 1 is 1.26 bits per heavy atom. The molecule has 0 aliphatic heterocycles. The van der Waals surface area contributed by atoms with E-state index >= 15 is 0 Å². The number of hydrogen-bond donors (Lipinski definition) is 1. The third-order valence-electron chi connectivity index (χ3n) is 3.12. The van der Waals surface area contributed by atoms with Crippen LogP contribution in [0, 0.1) is 12.7 Å². The summed E-state index contributed by atoms with van der Waals surface area (Å²) < 4.78 is 13.2. The number of aryl methyl sites for hydroxylation is 1. The number of hydrogen-bond acceptors (Lipinski definition) is 2. The molecule has 0 saturated heterocycles. The van der Waals surface area contributed by atoms with E-state index in [1.54, 1.807) is 12.1 Å². The lowest BCUT2D eigenvalue weighted by molar-refractivity contribution is 0.545. The molecule has 1 aromatic carbocycles. The van der Waals surface area contributed by atoms with Gasteiger partial charge >= 0.3 is 0 Å². The van der Waals surface area contributed by atoms with E-state index in [0.717, 1.165) is 29.8 Å². The van der Waals surface area contributed by atoms with Crippen molar-refractivity contribution in [1.29, 1.82) is 0 Å². The molecule has 2 aromatic rings. The largest absolute Gasteiger partial charge is 0.310 e. The normalized spacial score (nSPS) is 12.4. The minimum absolute atomic E-state index is 0.167. The fraction of sp³-hybridized carbons (Fsp3) is 0.312. The molecule has 0 saturated carbocycles. The lowest BCUT2D eigenvalue weighted by Gasteiger charge is -2.18. The Hall–Kier alpha value is -1.74. The summed E-state index contributed by atoms with van der Waals surface area (Å²) in [6.45, 7) is 4.91. The van der Waals surface area contributed by atoms with Gasteiger partial charge in [-0.15, -0.1) is 0 Å². The zero-order valence-electron chi connectivity index (χ0n) is 11.4. The zero-order chi connectivity index (χ0) is 13.7. The first-order valence-corrected chi connectivity index (χ1v) is 6.59. The van der Waals surface area contributed by atoms with E-state index in [1.807, 2.05) is 25.3 Å². The lowest BCUT2D eigenvalue weighted by Crippen LogP contribution is -2.23. The molecule has 2 rings (SSSR count). The molecular formula is C16H19FN2. The highest BCUT2D eigenvalue weighted by atomic mass is 19.1. The molecule has 3 heteroatoms. The van der Waals surface area contributed by atoms with Gasteiger partial charge in [0.15, 0.2) is 0 Å². The number of pyridine rings is 1. The van der Waals surface area contributed by atoms with Gasteiger partial charge in [0.05, 0.1) is 0 Å². The van der Waals surface area contributed by atoms with Gasteiger partial charge in [-0.25, -0.2) is 4.39 Å². The molecule has 19 heavy (non-hydrogen) atoms. The third-order valence-corrected chi connectivity index (χ3v) is 3.12. The first-order chi connectivity index (χ1) is 9.19. The number of nitrogens with zero attached hydrogens (tertiary/aromatic N) is 1. The van der Waals surface area contributed by atoms with Crippen LogP contribution in [-0.2, 0) is 6.42 Å². The summed E-state index contributed by atoms with van der Waals surface area (Å²) in [5.41, 5.74) is 3.13. The van der Waals surface area contributed by atoms with E-state index in [9.17, 15) is 4.39 Å². The highest BCUT2D eigenvalue weighted by molar-refractivity contribution is 5.23. The highest BCUT2D eigenvalue weighted by Crippen LogP contribution is 2.18. The van der Waals surface area contributed by atoms with Gasteiger partial charge in [-0.05, 0) is 49.2 Å². The Labute approximate surface area is 113 Å². The van der Waals surface area contributed by atoms with Crippen LogP contribution in [0.25, 0.3) is 0 Å². The van der Waals surface area contributed by atoms with Gasteiger partial charge in [-0.2, -0.15) is 0 Å². The van der Waals surface area contributed by atoms with Crippen molar-refractivity contribution in [3.05, 3.63) is 65.2 Å². The van der Waals surface area contributed by atoms with Crippen LogP contribution < -0.4 is 5.32 Å². The molecule has 2 nitrogen and oxygen atoms in total. The van der Waals surface area contributed by atoms with E-state index in [-0.39, 0.29) is 11.9 Å². The molecule has 0 spiro atoms. The Morgan fingerprint density at radius 2 is 2.11 bits per heavy atom. The number of likely N-dealkylation sites (N-methyl/N-ethyl adjacent to an activating group) is 1. The van der Waals surface area contributed by atoms with E-state index in [4.69, 9.17) is 0 Å². The Morgan fingerprint density at radius 3 is 2.74 bits per heavy atom. The summed E-state index contributed by atoms with van der Waals surface area (Å²) >= 11 is 0. The molecule has 100 valence electrons. The minimum atomic E-state index is -0.185. The van der Waals surface area contributed by atoms with E-state index in [1.165, 1.54) is 6.07 Å². The van der Waals surface area contributed by atoms with Gasteiger partial charge < -0.3 is 5.32 Å². The topological polar surface area (TPSA) is 24.9 Å². The minimum Gasteiger partial charge on any atom is -0.310 e. The smallest absolute Gasteiger partial charge is 0.123 e. The molecule has 0 bridgehead atoms. The summed E-state index contributed by atoms with van der Waals surface area (Å²) in [5, 5.41) is 3.42. The third kappa shape index (κ3) is 3.86. The van der Waals surface area contributed by atoms with Crippen LogP contribution in [0.4, 0.5) is 4.39 Å². The van der Waals surface area contributed by atoms with Crippen molar-refractivity contribution in [3.63, 3.8) is 0 Å². The van der Waals surface area contributed by atoms with E-state index < -0.39 is 0 Å². The summed E-state index contributed by atoms with van der Waals surface area (Å²) in [5.74, 6) is -0.185. The second-order valence-corrected chi connectivity index (χ2v) is 4.68. The lowest BCUT2D eigenvalue weighted by atomic mass is 10.00. The summed E-state index contributed by atoms with van der Waals surface area (Å²) in [7, 11) is 0. The predicted molar refractivity (Wildman–Crippen MR) is 75.5 cm³/mol. The molecule has 1 atom stereocenters. The van der Waals surface area contributed by atoms with Crippen LogP contribution in [0.3, 0.4) is 0 Å². The van der Waals surface area contributed by atoms with Crippen molar-refractivity contribution in [1.82, 2.24) is 10.3 Å². The van der Waals surface area contributed by atoms with Crippen molar-refractivity contribution in [2.75, 3.05) is 6.54 Å². The molecule has 0 radical (unpaired) electrons. The molecule has 1 aromatic heterocycles. The molecular weight excluding hydrogens is 239 g/mol. The summed E-state index contributed by atoms with van der Waals surface area (Å²) in [4.78, 5) is 4.33. The van der Waals surface area contributed by atoms with E-state index in [2.05, 4.69) is 23.3 Å². The van der Waals surface area contributed by atoms with Crippen molar-refractivity contribution in [2.24, 2.45) is 0 Å². The Bertz CT molecular complexity index is 523. The standard InChI is InChI=1S/C16H19FN2/c1-3-18-16(14-8-7-12(2)19-11-14)10-13-5-4-6-15(17)9-13/h4-9,11,16,18H,3,10H2,1-2H3. The van der Waals surface area contributed by atoms with Crippen LogP contribution in [0.5, 0.6) is 0 Å². The monoisotopic (exact) mass is 258 g/mol. The number of nitrogens with one attached hydrogen (secondary N) is 1. The maximum Gasteiger partial charge on any atom is 0.123 e. The highest BCUT2D eigenvalue weighted by Gasteiger charge is 2.11. The van der Waals surface area contributed by atoms with Crippen molar-refractivity contribution < 1.29 is 4.39 Å². The SMILES string of the molecule is CCNC(Cc1cccc(F)c1)c1ccc(C)nc1. The second-order valence-electron chi connectivity index (χ2n) is 4.68. The average Bonchev–Trinajstić information content (AvgIpc) is 2.39. The molecule has 0 aliphatic rings. The number of rotatable bonds is 5. The first kappa shape index (κ1) is 13.7. The van der Waals surface area contributed by atoms with Gasteiger partial charge in [-0.1, -0.05) is 25.1 Å². The summed E-state index contributed by atoms with van der Waals surface area (Å²) in [6, 6.07) is 11.0. The first-order valence-electron chi connectivity index (χ1n) is 6.59. The molecule has 0 amide bonds. The van der Waals surface area contributed by atoms with Crippen LogP contribution in [-0.4, -0.2) is 11.5 Å². The molecule has 1 heterocycles. The zero-order valence-corrected chi connectivity index (χ0v) is 11.4. The van der Waals surface area contributed by atoms with Gasteiger partial charge in [-0.3, -0.25) is 4.98 Å². The average molecular weight is 258 g/mol.